The average Bonchev–Trinajstić information content (AvgIpc) is 3.18. The Hall–Kier alpha value is -2.81. The van der Waals surface area contributed by atoms with E-state index in [1.165, 1.54) is 16.3 Å². The standard InChI is InChI=1S/C23H24N2O/c1-17(21-13-7-11-19-10-5-6-12-22(19)21)24-23(26)25-15-14-20(16-25)18-8-3-2-4-9-18/h2-13,17,20H,14-16H2,1H3,(H,24,26)/t17-,20+/m0/s1. The number of benzene rings is 3. The molecule has 1 heterocycles. The number of fused-ring (bicyclic) bond motifs is 1. The lowest BCUT2D eigenvalue weighted by molar-refractivity contribution is 0.205. The van der Waals surface area contributed by atoms with Gasteiger partial charge in [-0.3, -0.25) is 0 Å². The van der Waals surface area contributed by atoms with Gasteiger partial charge in [-0.05, 0) is 35.2 Å². The van der Waals surface area contributed by atoms with Gasteiger partial charge in [0.05, 0.1) is 6.04 Å². The summed E-state index contributed by atoms with van der Waals surface area (Å²) in [7, 11) is 0. The second-order valence-electron chi connectivity index (χ2n) is 7.08. The Morgan fingerprint density at radius 1 is 1.00 bits per heavy atom. The van der Waals surface area contributed by atoms with Crippen LogP contribution in [-0.2, 0) is 0 Å². The zero-order chi connectivity index (χ0) is 17.9. The van der Waals surface area contributed by atoms with Crippen LogP contribution in [0, 0.1) is 0 Å². The fourth-order valence-corrected chi connectivity index (χ4v) is 3.92. The number of nitrogens with one attached hydrogen (secondary N) is 1. The normalized spacial score (nSPS) is 18.0. The molecule has 2 amide bonds. The number of carbonyl (C=O) groups excluding carboxylic acids is 1. The number of hydrogen-bond acceptors (Lipinski definition) is 1. The van der Waals surface area contributed by atoms with E-state index in [9.17, 15) is 4.79 Å². The summed E-state index contributed by atoms with van der Waals surface area (Å²) < 4.78 is 0. The maximum Gasteiger partial charge on any atom is 0.317 e. The first-order valence-electron chi connectivity index (χ1n) is 9.30. The van der Waals surface area contributed by atoms with Gasteiger partial charge >= 0.3 is 6.03 Å². The minimum atomic E-state index is -0.0237. The Morgan fingerprint density at radius 3 is 2.58 bits per heavy atom. The zero-order valence-corrected chi connectivity index (χ0v) is 15.1. The molecule has 0 spiro atoms. The molecule has 1 aliphatic rings. The van der Waals surface area contributed by atoms with Gasteiger partial charge in [-0.25, -0.2) is 4.79 Å². The highest BCUT2D eigenvalue weighted by Gasteiger charge is 2.28. The van der Waals surface area contributed by atoms with Crippen LogP contribution < -0.4 is 5.32 Å². The van der Waals surface area contributed by atoms with Crippen LogP contribution in [0.25, 0.3) is 10.8 Å². The van der Waals surface area contributed by atoms with Crippen molar-refractivity contribution in [2.24, 2.45) is 0 Å². The molecular weight excluding hydrogens is 320 g/mol. The molecule has 1 saturated heterocycles. The number of nitrogens with zero attached hydrogens (tertiary/aromatic N) is 1. The summed E-state index contributed by atoms with van der Waals surface area (Å²) in [4.78, 5) is 14.7. The van der Waals surface area contributed by atoms with Gasteiger partial charge in [0.1, 0.15) is 0 Å². The topological polar surface area (TPSA) is 32.3 Å². The molecular formula is C23H24N2O. The molecule has 3 aromatic rings. The Balaban J connectivity index is 1.45. The van der Waals surface area contributed by atoms with Crippen molar-refractivity contribution in [1.29, 1.82) is 0 Å². The molecule has 0 radical (unpaired) electrons. The van der Waals surface area contributed by atoms with E-state index in [2.05, 4.69) is 66.8 Å². The molecule has 0 aromatic heterocycles. The third-order valence-electron chi connectivity index (χ3n) is 5.38. The van der Waals surface area contributed by atoms with Gasteiger partial charge in [0.2, 0.25) is 0 Å². The molecule has 0 aliphatic carbocycles. The molecule has 1 N–H and O–H groups in total. The van der Waals surface area contributed by atoms with Gasteiger partial charge in [0.25, 0.3) is 0 Å². The first kappa shape index (κ1) is 16.6. The fraction of sp³-hybridized carbons (Fsp3) is 0.261. The molecule has 1 aliphatic heterocycles. The molecule has 0 unspecified atom stereocenters. The smallest absolute Gasteiger partial charge is 0.317 e. The van der Waals surface area contributed by atoms with Crippen LogP contribution in [0.15, 0.2) is 72.8 Å². The van der Waals surface area contributed by atoms with E-state index in [1.54, 1.807) is 0 Å². The van der Waals surface area contributed by atoms with Crippen molar-refractivity contribution in [1.82, 2.24) is 10.2 Å². The zero-order valence-electron chi connectivity index (χ0n) is 15.1. The highest BCUT2D eigenvalue weighted by molar-refractivity contribution is 5.86. The van der Waals surface area contributed by atoms with Crippen LogP contribution in [0.1, 0.15) is 36.4 Å². The summed E-state index contributed by atoms with van der Waals surface area (Å²) in [5, 5.41) is 5.59. The molecule has 3 aromatic carbocycles. The van der Waals surface area contributed by atoms with Crippen LogP contribution >= 0.6 is 0 Å². The lowest BCUT2D eigenvalue weighted by Crippen LogP contribution is -2.39. The van der Waals surface area contributed by atoms with Crippen molar-refractivity contribution < 1.29 is 4.79 Å². The number of amides is 2. The van der Waals surface area contributed by atoms with E-state index in [0.717, 1.165) is 25.1 Å². The first-order valence-corrected chi connectivity index (χ1v) is 9.30. The summed E-state index contributed by atoms with van der Waals surface area (Å²) in [6, 6.07) is 25.1. The molecule has 2 atom stereocenters. The van der Waals surface area contributed by atoms with E-state index in [4.69, 9.17) is 0 Å². The van der Waals surface area contributed by atoms with Gasteiger partial charge in [0.15, 0.2) is 0 Å². The van der Waals surface area contributed by atoms with Crippen LogP contribution in [-0.4, -0.2) is 24.0 Å². The predicted octanol–water partition coefficient (Wildman–Crippen LogP) is 5.10. The lowest BCUT2D eigenvalue weighted by Gasteiger charge is -2.22. The summed E-state index contributed by atoms with van der Waals surface area (Å²) >= 11 is 0. The van der Waals surface area contributed by atoms with Crippen molar-refractivity contribution in [3.8, 4) is 0 Å². The van der Waals surface area contributed by atoms with Gasteiger partial charge < -0.3 is 10.2 Å². The van der Waals surface area contributed by atoms with Crippen LogP contribution in [0.2, 0.25) is 0 Å². The van der Waals surface area contributed by atoms with Crippen molar-refractivity contribution in [3.05, 3.63) is 83.9 Å². The number of hydrogen-bond donors (Lipinski definition) is 1. The SMILES string of the molecule is C[C@H](NC(=O)N1CC[C@@H](c2ccccc2)C1)c1cccc2ccccc12. The number of carbonyl (C=O) groups is 1. The quantitative estimate of drug-likeness (QED) is 0.704. The van der Waals surface area contributed by atoms with E-state index in [0.29, 0.717) is 5.92 Å². The number of urea groups is 1. The second-order valence-corrected chi connectivity index (χ2v) is 7.08. The van der Waals surface area contributed by atoms with Crippen LogP contribution in [0.5, 0.6) is 0 Å². The third-order valence-corrected chi connectivity index (χ3v) is 5.38. The average molecular weight is 344 g/mol. The van der Waals surface area contributed by atoms with E-state index < -0.39 is 0 Å². The van der Waals surface area contributed by atoms with Crippen molar-refractivity contribution >= 4 is 16.8 Å². The number of rotatable bonds is 3. The van der Waals surface area contributed by atoms with E-state index in [1.807, 2.05) is 23.1 Å². The highest BCUT2D eigenvalue weighted by atomic mass is 16.2. The van der Waals surface area contributed by atoms with Crippen LogP contribution in [0.4, 0.5) is 4.79 Å². The molecule has 132 valence electrons. The Morgan fingerprint density at radius 2 is 1.73 bits per heavy atom. The summed E-state index contributed by atoms with van der Waals surface area (Å²) in [5.74, 6) is 0.440. The summed E-state index contributed by atoms with van der Waals surface area (Å²) in [6.07, 6.45) is 1.03. The Labute approximate surface area is 154 Å². The van der Waals surface area contributed by atoms with Crippen molar-refractivity contribution in [2.75, 3.05) is 13.1 Å². The maximum atomic E-state index is 12.8. The van der Waals surface area contributed by atoms with Gasteiger partial charge in [0, 0.05) is 19.0 Å². The number of likely N-dealkylation sites (tertiary alicyclic amines) is 1. The second kappa shape index (κ2) is 7.20. The Kier molecular flexibility index (Phi) is 4.61. The molecule has 0 saturated carbocycles. The van der Waals surface area contributed by atoms with Crippen LogP contribution in [0.3, 0.4) is 0 Å². The van der Waals surface area contributed by atoms with Crippen molar-refractivity contribution in [2.45, 2.75) is 25.3 Å². The fourth-order valence-electron chi connectivity index (χ4n) is 3.92. The highest BCUT2D eigenvalue weighted by Crippen LogP contribution is 2.28. The van der Waals surface area contributed by atoms with Crippen molar-refractivity contribution in [3.63, 3.8) is 0 Å². The first-order chi connectivity index (χ1) is 12.7. The molecule has 1 fully saturated rings. The van der Waals surface area contributed by atoms with Gasteiger partial charge in [-0.1, -0.05) is 72.8 Å². The van der Waals surface area contributed by atoms with Gasteiger partial charge in [-0.2, -0.15) is 0 Å². The lowest BCUT2D eigenvalue weighted by atomic mass is 9.99. The van der Waals surface area contributed by atoms with Gasteiger partial charge in [-0.15, -0.1) is 0 Å². The molecule has 3 heteroatoms. The van der Waals surface area contributed by atoms with E-state index >= 15 is 0 Å². The van der Waals surface area contributed by atoms with E-state index in [-0.39, 0.29) is 12.1 Å². The third kappa shape index (κ3) is 3.30. The molecule has 4 rings (SSSR count). The maximum absolute atomic E-state index is 12.8. The minimum Gasteiger partial charge on any atom is -0.331 e. The summed E-state index contributed by atoms with van der Waals surface area (Å²) in [5.41, 5.74) is 2.49. The summed E-state index contributed by atoms with van der Waals surface area (Å²) in [6.45, 7) is 3.66. The molecule has 26 heavy (non-hydrogen) atoms. The minimum absolute atomic E-state index is 0.0237. The molecule has 3 nitrogen and oxygen atoms in total. The molecule has 0 bridgehead atoms. The monoisotopic (exact) mass is 344 g/mol. The predicted molar refractivity (Wildman–Crippen MR) is 106 cm³/mol. The Bertz CT molecular complexity index is 901. The largest absolute Gasteiger partial charge is 0.331 e.